The van der Waals surface area contributed by atoms with Crippen molar-refractivity contribution in [3.8, 4) is 0 Å². The molecule has 1 saturated heterocycles. The third-order valence-electron chi connectivity index (χ3n) is 3.87. The summed E-state index contributed by atoms with van der Waals surface area (Å²) >= 11 is 0. The first kappa shape index (κ1) is 12.3. The Morgan fingerprint density at radius 1 is 1.06 bits per heavy atom. The van der Waals surface area contributed by atoms with Crippen molar-refractivity contribution in [3.63, 3.8) is 0 Å². The van der Waals surface area contributed by atoms with Gasteiger partial charge in [-0.3, -0.25) is 0 Å². The summed E-state index contributed by atoms with van der Waals surface area (Å²) in [5.74, 6) is 0. The van der Waals surface area contributed by atoms with Gasteiger partial charge in [-0.25, -0.2) is 0 Å². The van der Waals surface area contributed by atoms with Crippen molar-refractivity contribution < 1.29 is 9.47 Å². The fraction of sp³-hybridized carbons (Fsp3) is 1.00. The van der Waals surface area contributed by atoms with Gasteiger partial charge in [0.2, 0.25) is 0 Å². The highest BCUT2D eigenvalue weighted by atomic mass is 16.5. The van der Waals surface area contributed by atoms with Gasteiger partial charge in [0.15, 0.2) is 0 Å². The van der Waals surface area contributed by atoms with E-state index in [4.69, 9.17) is 15.2 Å². The van der Waals surface area contributed by atoms with Crippen LogP contribution in [0.4, 0.5) is 0 Å². The van der Waals surface area contributed by atoms with Gasteiger partial charge in [0, 0.05) is 18.8 Å². The lowest BCUT2D eigenvalue weighted by Gasteiger charge is -2.31. The summed E-state index contributed by atoms with van der Waals surface area (Å²) in [4.78, 5) is 0. The van der Waals surface area contributed by atoms with Crippen molar-refractivity contribution in [3.05, 3.63) is 0 Å². The van der Waals surface area contributed by atoms with Gasteiger partial charge in [-0.05, 0) is 25.7 Å². The predicted octanol–water partition coefficient (Wildman–Crippen LogP) is 2.23. The molecule has 0 radical (unpaired) electrons. The molecule has 2 rings (SSSR count). The highest BCUT2D eigenvalue weighted by Crippen LogP contribution is 2.26. The third kappa shape index (κ3) is 3.72. The van der Waals surface area contributed by atoms with E-state index in [1.165, 1.54) is 25.7 Å². The van der Waals surface area contributed by atoms with E-state index >= 15 is 0 Å². The van der Waals surface area contributed by atoms with E-state index in [-0.39, 0.29) is 5.54 Å². The number of nitrogens with two attached hydrogens (primary N) is 1. The average Bonchev–Trinajstić information content (AvgIpc) is 2.54. The topological polar surface area (TPSA) is 44.5 Å². The lowest BCUT2D eigenvalue weighted by molar-refractivity contribution is -0.0487. The normalized spacial score (nSPS) is 27.6. The minimum atomic E-state index is -0.0468. The van der Waals surface area contributed by atoms with Crippen LogP contribution in [0.2, 0.25) is 0 Å². The van der Waals surface area contributed by atoms with E-state index in [1.54, 1.807) is 0 Å². The highest BCUT2D eigenvalue weighted by Gasteiger charge is 2.28. The summed E-state index contributed by atoms with van der Waals surface area (Å²) in [5.41, 5.74) is 6.37. The Bertz CT molecular complexity index is 194. The molecule has 1 aliphatic carbocycles. The number of hydrogen-bond acceptors (Lipinski definition) is 3. The number of hydrogen-bond donors (Lipinski definition) is 1. The first-order chi connectivity index (χ1) is 7.79. The molecule has 0 bridgehead atoms. The van der Waals surface area contributed by atoms with Crippen molar-refractivity contribution in [2.45, 2.75) is 63.0 Å². The summed E-state index contributed by atoms with van der Waals surface area (Å²) in [5, 5.41) is 0. The van der Waals surface area contributed by atoms with Crippen LogP contribution in [0.15, 0.2) is 0 Å². The first-order valence-corrected chi connectivity index (χ1v) is 6.77. The molecule has 94 valence electrons. The molecule has 0 aromatic rings. The molecule has 1 aliphatic heterocycles. The molecule has 0 spiro atoms. The largest absolute Gasteiger partial charge is 0.381 e. The molecule has 0 amide bonds. The van der Waals surface area contributed by atoms with Crippen LogP contribution in [0, 0.1) is 0 Å². The predicted molar refractivity (Wildman–Crippen MR) is 64.4 cm³/mol. The van der Waals surface area contributed by atoms with Gasteiger partial charge in [-0.2, -0.15) is 0 Å². The second kappa shape index (κ2) is 5.99. The van der Waals surface area contributed by atoms with Gasteiger partial charge in [-0.15, -0.1) is 0 Å². The maximum absolute atomic E-state index is 6.42. The fourth-order valence-electron chi connectivity index (χ4n) is 2.70. The smallest absolute Gasteiger partial charge is 0.0649 e. The first-order valence-electron chi connectivity index (χ1n) is 6.77. The monoisotopic (exact) mass is 227 g/mol. The molecule has 0 aromatic heterocycles. The Labute approximate surface area is 98.7 Å². The van der Waals surface area contributed by atoms with Gasteiger partial charge >= 0.3 is 0 Å². The van der Waals surface area contributed by atoms with Crippen LogP contribution in [-0.2, 0) is 9.47 Å². The Morgan fingerprint density at radius 3 is 2.31 bits per heavy atom. The Morgan fingerprint density at radius 2 is 1.69 bits per heavy atom. The van der Waals surface area contributed by atoms with Crippen molar-refractivity contribution in [2.75, 3.05) is 19.8 Å². The minimum Gasteiger partial charge on any atom is -0.381 e. The average molecular weight is 227 g/mol. The van der Waals surface area contributed by atoms with Crippen molar-refractivity contribution >= 4 is 0 Å². The molecule has 3 heteroatoms. The maximum atomic E-state index is 6.42. The summed E-state index contributed by atoms with van der Waals surface area (Å²) < 4.78 is 11.3. The van der Waals surface area contributed by atoms with Crippen LogP contribution in [-0.4, -0.2) is 31.5 Å². The molecule has 1 saturated carbocycles. The van der Waals surface area contributed by atoms with Crippen molar-refractivity contribution in [1.29, 1.82) is 0 Å². The van der Waals surface area contributed by atoms with E-state index in [2.05, 4.69) is 0 Å². The quantitative estimate of drug-likeness (QED) is 0.752. The Hall–Kier alpha value is -0.120. The zero-order chi connectivity index (χ0) is 11.3. The summed E-state index contributed by atoms with van der Waals surface area (Å²) in [7, 11) is 0. The van der Waals surface area contributed by atoms with Crippen LogP contribution >= 0.6 is 0 Å². The molecule has 2 aliphatic rings. The zero-order valence-corrected chi connectivity index (χ0v) is 10.2. The second-order valence-electron chi connectivity index (χ2n) is 5.40. The standard InChI is InChI=1S/C13H25NO2/c14-13(7-3-1-2-4-8-13)11-16-12-5-9-15-10-6-12/h12H,1-11,14H2. The third-order valence-corrected chi connectivity index (χ3v) is 3.87. The van der Waals surface area contributed by atoms with Gasteiger partial charge in [0.25, 0.3) is 0 Å². The number of ether oxygens (including phenoxy) is 2. The highest BCUT2D eigenvalue weighted by molar-refractivity contribution is 4.86. The van der Waals surface area contributed by atoms with Gasteiger partial charge in [0.05, 0.1) is 12.7 Å². The van der Waals surface area contributed by atoms with Crippen molar-refractivity contribution in [1.82, 2.24) is 0 Å². The molecule has 1 heterocycles. The van der Waals surface area contributed by atoms with Crippen LogP contribution in [0.3, 0.4) is 0 Å². The molecular weight excluding hydrogens is 202 g/mol. The minimum absolute atomic E-state index is 0.0468. The van der Waals surface area contributed by atoms with Crippen LogP contribution in [0.5, 0.6) is 0 Å². The molecule has 0 atom stereocenters. The van der Waals surface area contributed by atoms with Gasteiger partial charge < -0.3 is 15.2 Å². The summed E-state index contributed by atoms with van der Waals surface area (Å²) in [6, 6.07) is 0. The van der Waals surface area contributed by atoms with Crippen molar-refractivity contribution in [2.24, 2.45) is 5.73 Å². The van der Waals surface area contributed by atoms with E-state index in [0.717, 1.165) is 45.5 Å². The van der Waals surface area contributed by atoms with E-state index in [1.807, 2.05) is 0 Å². The molecule has 2 fully saturated rings. The Kier molecular flexibility index (Phi) is 4.62. The van der Waals surface area contributed by atoms with Crippen LogP contribution in [0.25, 0.3) is 0 Å². The lowest BCUT2D eigenvalue weighted by Crippen LogP contribution is -2.45. The second-order valence-corrected chi connectivity index (χ2v) is 5.40. The summed E-state index contributed by atoms with van der Waals surface area (Å²) in [6.45, 7) is 2.45. The van der Waals surface area contributed by atoms with E-state index in [0.29, 0.717) is 6.10 Å². The van der Waals surface area contributed by atoms with Gasteiger partial charge in [-0.1, -0.05) is 25.7 Å². The number of rotatable bonds is 3. The van der Waals surface area contributed by atoms with E-state index in [9.17, 15) is 0 Å². The van der Waals surface area contributed by atoms with Crippen LogP contribution in [0.1, 0.15) is 51.4 Å². The zero-order valence-electron chi connectivity index (χ0n) is 10.2. The van der Waals surface area contributed by atoms with E-state index < -0.39 is 0 Å². The fourth-order valence-corrected chi connectivity index (χ4v) is 2.70. The molecule has 3 nitrogen and oxygen atoms in total. The van der Waals surface area contributed by atoms with Gasteiger partial charge in [0.1, 0.15) is 0 Å². The SMILES string of the molecule is NC1(COC2CCOCC2)CCCCCC1. The molecule has 0 aromatic carbocycles. The molecule has 16 heavy (non-hydrogen) atoms. The lowest BCUT2D eigenvalue weighted by atomic mass is 9.92. The molecule has 0 unspecified atom stereocenters. The van der Waals surface area contributed by atoms with Crippen LogP contribution < -0.4 is 5.73 Å². The molecule has 2 N–H and O–H groups in total. The molecular formula is C13H25NO2. The maximum Gasteiger partial charge on any atom is 0.0649 e. The summed E-state index contributed by atoms with van der Waals surface area (Å²) in [6.07, 6.45) is 9.96. The Balaban J connectivity index is 1.73.